The molecule has 0 N–H and O–H groups in total. The van der Waals surface area contributed by atoms with E-state index in [0.717, 1.165) is 11.0 Å². The Morgan fingerprint density at radius 2 is 2.00 bits per heavy atom. The minimum absolute atomic E-state index is 0.123. The molecular formula is C19H18N4O3. The van der Waals surface area contributed by atoms with Gasteiger partial charge in [-0.1, -0.05) is 24.3 Å². The first-order valence-corrected chi connectivity index (χ1v) is 8.33. The molecule has 0 aliphatic carbocycles. The van der Waals surface area contributed by atoms with Gasteiger partial charge < -0.3 is 9.32 Å². The number of carbonyl (C=O) groups excluding carboxylic acids is 1. The summed E-state index contributed by atoms with van der Waals surface area (Å²) in [6.07, 6.45) is 1.63. The Balaban J connectivity index is 1.56. The van der Waals surface area contributed by atoms with Gasteiger partial charge in [-0.25, -0.2) is 9.48 Å². The second-order valence-corrected chi connectivity index (χ2v) is 6.24. The van der Waals surface area contributed by atoms with Crippen molar-refractivity contribution in [3.63, 3.8) is 0 Å². The number of rotatable bonds is 4. The molecule has 0 fully saturated rings. The molecule has 4 aromatic rings. The van der Waals surface area contributed by atoms with Crippen LogP contribution in [0.25, 0.3) is 16.6 Å². The largest absolute Gasteiger partial charge is 0.459 e. The van der Waals surface area contributed by atoms with Crippen molar-refractivity contribution in [2.75, 3.05) is 7.05 Å². The molecule has 3 aromatic heterocycles. The Hall–Kier alpha value is -3.35. The van der Waals surface area contributed by atoms with E-state index in [1.807, 2.05) is 37.3 Å². The van der Waals surface area contributed by atoms with Crippen LogP contribution in [0.1, 0.15) is 18.7 Å². The fraction of sp³-hybridized carbons (Fsp3) is 0.211. The first-order valence-electron chi connectivity index (χ1n) is 8.33. The summed E-state index contributed by atoms with van der Waals surface area (Å²) >= 11 is 0. The number of amides is 1. The molecule has 132 valence electrons. The number of aromatic nitrogens is 3. The van der Waals surface area contributed by atoms with Crippen LogP contribution in [0.15, 0.2) is 63.9 Å². The third kappa shape index (κ3) is 2.67. The third-order valence-electron chi connectivity index (χ3n) is 4.60. The van der Waals surface area contributed by atoms with Crippen molar-refractivity contribution in [1.82, 2.24) is 19.1 Å². The predicted molar refractivity (Wildman–Crippen MR) is 96.9 cm³/mol. The second-order valence-electron chi connectivity index (χ2n) is 6.24. The van der Waals surface area contributed by atoms with E-state index in [-0.39, 0.29) is 24.2 Å². The molecular weight excluding hydrogens is 332 g/mol. The average molecular weight is 350 g/mol. The number of benzene rings is 1. The van der Waals surface area contributed by atoms with Crippen molar-refractivity contribution < 1.29 is 9.21 Å². The lowest BCUT2D eigenvalue weighted by atomic mass is 10.2. The van der Waals surface area contributed by atoms with Crippen LogP contribution < -0.4 is 5.69 Å². The number of hydrogen-bond acceptors (Lipinski definition) is 4. The summed E-state index contributed by atoms with van der Waals surface area (Å²) < 4.78 is 8.43. The van der Waals surface area contributed by atoms with Crippen LogP contribution in [0, 0.1) is 0 Å². The van der Waals surface area contributed by atoms with Crippen molar-refractivity contribution in [3.05, 3.63) is 71.0 Å². The summed E-state index contributed by atoms with van der Waals surface area (Å²) in [6.45, 7) is 1.77. The summed E-state index contributed by atoms with van der Waals surface area (Å²) in [5.41, 5.74) is 0.962. The number of nitrogens with zero attached hydrogens (tertiary/aromatic N) is 4. The molecule has 0 saturated heterocycles. The predicted octanol–water partition coefficient (Wildman–Crippen LogP) is 2.46. The van der Waals surface area contributed by atoms with Gasteiger partial charge in [-0.05, 0) is 31.2 Å². The fourth-order valence-corrected chi connectivity index (χ4v) is 2.93. The van der Waals surface area contributed by atoms with Crippen LogP contribution in [0.2, 0.25) is 0 Å². The molecule has 4 rings (SSSR count). The summed E-state index contributed by atoms with van der Waals surface area (Å²) in [6, 6.07) is 14.6. The maximum Gasteiger partial charge on any atom is 0.350 e. The first kappa shape index (κ1) is 16.1. The monoisotopic (exact) mass is 350 g/mol. The minimum atomic E-state index is -0.334. The smallest absolute Gasteiger partial charge is 0.350 e. The topological polar surface area (TPSA) is 72.8 Å². The molecule has 0 aliphatic heterocycles. The molecule has 7 nitrogen and oxygen atoms in total. The van der Waals surface area contributed by atoms with Crippen molar-refractivity contribution in [1.29, 1.82) is 0 Å². The zero-order valence-corrected chi connectivity index (χ0v) is 14.5. The molecule has 1 atom stereocenters. The summed E-state index contributed by atoms with van der Waals surface area (Å²) in [5, 5.41) is 5.19. The molecule has 1 aromatic carbocycles. The van der Waals surface area contributed by atoms with Gasteiger partial charge in [0.15, 0.2) is 5.65 Å². The van der Waals surface area contributed by atoms with E-state index < -0.39 is 0 Å². The third-order valence-corrected chi connectivity index (χ3v) is 4.60. The number of fused-ring (bicyclic) bond motifs is 2. The molecule has 0 radical (unpaired) electrons. The summed E-state index contributed by atoms with van der Waals surface area (Å²) in [4.78, 5) is 26.5. The molecule has 26 heavy (non-hydrogen) atoms. The highest BCUT2D eigenvalue weighted by molar-refractivity contribution is 5.79. The zero-order valence-electron chi connectivity index (χ0n) is 14.5. The van der Waals surface area contributed by atoms with E-state index in [1.54, 1.807) is 36.3 Å². The molecule has 3 heterocycles. The SMILES string of the molecule is CC(c1cc2ccccc2o1)N(C)C(=O)Cn1nc2ccccn2c1=O. The van der Waals surface area contributed by atoms with Gasteiger partial charge in [0.05, 0.1) is 6.04 Å². The number of para-hydroxylation sites is 1. The van der Waals surface area contributed by atoms with Crippen LogP contribution in [0.4, 0.5) is 0 Å². The highest BCUT2D eigenvalue weighted by atomic mass is 16.3. The Morgan fingerprint density at radius 1 is 1.23 bits per heavy atom. The fourth-order valence-electron chi connectivity index (χ4n) is 2.93. The lowest BCUT2D eigenvalue weighted by Crippen LogP contribution is -2.35. The van der Waals surface area contributed by atoms with Crippen LogP contribution in [-0.2, 0) is 11.3 Å². The van der Waals surface area contributed by atoms with Crippen molar-refractivity contribution in [3.8, 4) is 0 Å². The molecule has 1 amide bonds. The summed E-state index contributed by atoms with van der Waals surface area (Å²) in [5.74, 6) is 0.480. The van der Waals surface area contributed by atoms with Gasteiger partial charge in [-0.3, -0.25) is 9.20 Å². The van der Waals surface area contributed by atoms with E-state index in [2.05, 4.69) is 5.10 Å². The van der Waals surface area contributed by atoms with Gasteiger partial charge in [0.25, 0.3) is 0 Å². The van der Waals surface area contributed by atoms with Crippen molar-refractivity contribution >= 4 is 22.5 Å². The van der Waals surface area contributed by atoms with Crippen LogP contribution in [0.3, 0.4) is 0 Å². The quantitative estimate of drug-likeness (QED) is 0.567. The van der Waals surface area contributed by atoms with Gasteiger partial charge in [0, 0.05) is 18.6 Å². The maximum absolute atomic E-state index is 12.6. The van der Waals surface area contributed by atoms with E-state index in [4.69, 9.17) is 4.42 Å². The average Bonchev–Trinajstić information content (AvgIpc) is 3.22. The number of carbonyl (C=O) groups is 1. The lowest BCUT2D eigenvalue weighted by molar-refractivity contribution is -0.133. The van der Waals surface area contributed by atoms with Gasteiger partial charge in [0.1, 0.15) is 17.9 Å². The lowest BCUT2D eigenvalue weighted by Gasteiger charge is -2.23. The second kappa shape index (κ2) is 6.18. The van der Waals surface area contributed by atoms with Gasteiger partial charge in [0.2, 0.25) is 5.91 Å². The number of furan rings is 1. The van der Waals surface area contributed by atoms with Crippen LogP contribution in [0.5, 0.6) is 0 Å². The Kier molecular flexibility index (Phi) is 3.84. The van der Waals surface area contributed by atoms with E-state index in [9.17, 15) is 9.59 Å². The highest BCUT2D eigenvalue weighted by Crippen LogP contribution is 2.26. The maximum atomic E-state index is 12.6. The van der Waals surface area contributed by atoms with Crippen LogP contribution >= 0.6 is 0 Å². The molecule has 0 bridgehead atoms. The minimum Gasteiger partial charge on any atom is -0.459 e. The summed E-state index contributed by atoms with van der Waals surface area (Å²) in [7, 11) is 1.70. The molecule has 0 saturated carbocycles. The van der Waals surface area contributed by atoms with E-state index in [0.29, 0.717) is 11.4 Å². The van der Waals surface area contributed by atoms with E-state index in [1.165, 1.54) is 9.08 Å². The normalized spacial score (nSPS) is 12.5. The molecule has 7 heteroatoms. The number of hydrogen-bond donors (Lipinski definition) is 0. The molecule has 0 aliphatic rings. The number of likely N-dealkylation sites (N-methyl/N-ethyl adjacent to an activating group) is 1. The van der Waals surface area contributed by atoms with Crippen molar-refractivity contribution in [2.24, 2.45) is 0 Å². The van der Waals surface area contributed by atoms with E-state index >= 15 is 0 Å². The standard InChI is InChI=1S/C19H18N4O3/c1-13(16-11-14-7-3-4-8-15(14)26-16)21(2)18(24)12-23-19(25)22-10-6-5-9-17(22)20-23/h3-11,13H,12H2,1-2H3. The highest BCUT2D eigenvalue weighted by Gasteiger charge is 2.22. The molecule has 1 unspecified atom stereocenters. The van der Waals surface area contributed by atoms with Gasteiger partial charge in [-0.15, -0.1) is 5.10 Å². The Bertz CT molecular complexity index is 1120. The Labute approximate surface area is 149 Å². The Morgan fingerprint density at radius 3 is 2.77 bits per heavy atom. The van der Waals surface area contributed by atoms with Crippen molar-refractivity contribution in [2.45, 2.75) is 19.5 Å². The number of pyridine rings is 1. The first-order chi connectivity index (χ1) is 12.5. The van der Waals surface area contributed by atoms with Gasteiger partial charge >= 0.3 is 5.69 Å². The zero-order chi connectivity index (χ0) is 18.3. The van der Waals surface area contributed by atoms with Gasteiger partial charge in [-0.2, -0.15) is 0 Å². The molecule has 0 spiro atoms. The van der Waals surface area contributed by atoms with Crippen LogP contribution in [-0.4, -0.2) is 32.0 Å².